The Bertz CT molecular complexity index is 701. The van der Waals surface area contributed by atoms with E-state index in [0.29, 0.717) is 12.2 Å². The summed E-state index contributed by atoms with van der Waals surface area (Å²) in [5.41, 5.74) is 2.01. The van der Waals surface area contributed by atoms with Crippen molar-refractivity contribution in [3.8, 4) is 11.8 Å². The van der Waals surface area contributed by atoms with Crippen molar-refractivity contribution >= 4 is 0 Å². The minimum atomic E-state index is -0.237. The molecule has 3 rings (SSSR count). The maximum Gasteiger partial charge on any atom is 0.137 e. The van der Waals surface area contributed by atoms with Gasteiger partial charge >= 0.3 is 0 Å². The van der Waals surface area contributed by atoms with Gasteiger partial charge in [-0.3, -0.25) is 0 Å². The van der Waals surface area contributed by atoms with Crippen molar-refractivity contribution in [3.05, 3.63) is 65.5 Å². The second-order valence-corrected chi connectivity index (χ2v) is 6.54. The maximum absolute atomic E-state index is 12.9. The summed E-state index contributed by atoms with van der Waals surface area (Å²) < 4.78 is 18.5. The summed E-state index contributed by atoms with van der Waals surface area (Å²) in [5, 5.41) is 8.85. The Hall–Kier alpha value is -2.42. The Labute approximate surface area is 148 Å². The van der Waals surface area contributed by atoms with Crippen molar-refractivity contribution < 1.29 is 18.9 Å². The number of nitrogens with zero attached hydrogens (tertiary/aromatic N) is 1. The number of hydrogen-bond acceptors (Lipinski definition) is 2. The molecule has 0 spiro atoms. The van der Waals surface area contributed by atoms with E-state index in [1.165, 1.54) is 17.7 Å². The van der Waals surface area contributed by atoms with Gasteiger partial charge in [-0.25, -0.2) is 4.39 Å². The van der Waals surface area contributed by atoms with E-state index in [0.717, 1.165) is 45.0 Å². The van der Waals surface area contributed by atoms with Gasteiger partial charge in [-0.1, -0.05) is 12.1 Å². The van der Waals surface area contributed by atoms with Crippen molar-refractivity contribution in [2.45, 2.75) is 6.54 Å². The molecule has 0 aliphatic carbocycles. The molecular weight excluding hydrogens is 317 g/mol. The van der Waals surface area contributed by atoms with Crippen LogP contribution in [-0.2, 0) is 6.54 Å². The van der Waals surface area contributed by atoms with Crippen LogP contribution >= 0.6 is 0 Å². The highest BCUT2D eigenvalue weighted by molar-refractivity contribution is 5.31. The number of nitriles is 1. The lowest BCUT2D eigenvalue weighted by Crippen LogP contribution is -3.27. The number of quaternary nitrogens is 2. The van der Waals surface area contributed by atoms with Crippen LogP contribution in [0.2, 0.25) is 0 Å². The summed E-state index contributed by atoms with van der Waals surface area (Å²) in [4.78, 5) is 3.15. The van der Waals surface area contributed by atoms with Gasteiger partial charge in [0.05, 0.1) is 11.6 Å². The zero-order valence-electron chi connectivity index (χ0n) is 14.3. The molecule has 2 N–H and O–H groups in total. The summed E-state index contributed by atoms with van der Waals surface area (Å²) in [6.45, 7) is 7.22. The van der Waals surface area contributed by atoms with Gasteiger partial charge in [0.2, 0.25) is 0 Å². The fourth-order valence-corrected chi connectivity index (χ4v) is 3.21. The number of ether oxygens (including phenoxy) is 1. The first-order chi connectivity index (χ1) is 12.2. The molecule has 1 saturated heterocycles. The molecule has 0 unspecified atom stereocenters. The number of rotatable bonds is 6. The first kappa shape index (κ1) is 17.4. The third-order valence-corrected chi connectivity index (χ3v) is 4.74. The summed E-state index contributed by atoms with van der Waals surface area (Å²) in [6.07, 6.45) is 0. The smallest absolute Gasteiger partial charge is 0.137 e. The summed E-state index contributed by atoms with van der Waals surface area (Å²) in [6, 6.07) is 16.2. The van der Waals surface area contributed by atoms with Crippen LogP contribution in [0.4, 0.5) is 4.39 Å². The lowest BCUT2D eigenvalue weighted by Gasteiger charge is -2.29. The summed E-state index contributed by atoms with van der Waals surface area (Å²) in [7, 11) is 0. The topological polar surface area (TPSA) is 41.9 Å². The van der Waals surface area contributed by atoms with Crippen LogP contribution < -0.4 is 14.5 Å². The zero-order chi connectivity index (χ0) is 17.5. The van der Waals surface area contributed by atoms with Gasteiger partial charge < -0.3 is 14.5 Å². The average molecular weight is 341 g/mol. The van der Waals surface area contributed by atoms with Crippen LogP contribution in [-0.4, -0.2) is 39.3 Å². The van der Waals surface area contributed by atoms with Crippen molar-refractivity contribution in [1.82, 2.24) is 0 Å². The molecule has 0 amide bonds. The molecule has 1 heterocycles. The molecule has 1 aliphatic rings. The Balaban J connectivity index is 1.36. The van der Waals surface area contributed by atoms with Gasteiger partial charge in [-0.05, 0) is 36.4 Å². The highest BCUT2D eigenvalue weighted by atomic mass is 19.1. The highest BCUT2D eigenvalue weighted by Crippen LogP contribution is 2.10. The number of nitrogens with one attached hydrogen (secondary N) is 2. The van der Waals surface area contributed by atoms with Gasteiger partial charge in [0.1, 0.15) is 57.4 Å². The van der Waals surface area contributed by atoms with Crippen LogP contribution in [0.15, 0.2) is 48.5 Å². The molecule has 0 radical (unpaired) electrons. The molecule has 0 saturated carbocycles. The van der Waals surface area contributed by atoms with E-state index in [1.54, 1.807) is 21.9 Å². The van der Waals surface area contributed by atoms with Crippen LogP contribution in [0, 0.1) is 17.1 Å². The first-order valence-corrected chi connectivity index (χ1v) is 8.77. The molecule has 5 heteroatoms. The first-order valence-electron chi connectivity index (χ1n) is 8.77. The number of benzene rings is 2. The average Bonchev–Trinajstić information content (AvgIpc) is 2.65. The molecule has 2 aromatic carbocycles. The largest absolute Gasteiger partial charge is 0.488 e. The molecule has 0 atom stereocenters. The van der Waals surface area contributed by atoms with E-state index in [9.17, 15) is 4.39 Å². The van der Waals surface area contributed by atoms with Crippen LogP contribution in [0.3, 0.4) is 0 Å². The summed E-state index contributed by atoms with van der Waals surface area (Å²) in [5.74, 6) is 0.491. The second-order valence-electron chi connectivity index (χ2n) is 6.54. The number of hydrogen-bond donors (Lipinski definition) is 2. The normalized spacial score (nSPS) is 20.0. The standard InChI is InChI=1S/C20H22FN3O/c21-19-5-7-20(8-6-19)25-14-13-23-9-11-24(12-10-23)16-18-3-1-17(15-22)2-4-18/h1-8H,9-14,16H2/p+2. The van der Waals surface area contributed by atoms with Crippen LogP contribution in [0.5, 0.6) is 5.75 Å². The quantitative estimate of drug-likeness (QED) is 0.780. The lowest BCUT2D eigenvalue weighted by atomic mass is 10.1. The van der Waals surface area contributed by atoms with E-state index in [1.807, 2.05) is 12.1 Å². The van der Waals surface area contributed by atoms with E-state index in [-0.39, 0.29) is 5.82 Å². The van der Waals surface area contributed by atoms with Crippen LogP contribution in [0.1, 0.15) is 11.1 Å². The SMILES string of the molecule is N#Cc1ccc(C[NH+]2CC[NH+](CCOc3ccc(F)cc3)CC2)cc1. The maximum atomic E-state index is 12.9. The predicted octanol–water partition coefficient (Wildman–Crippen LogP) is 0.0598. The van der Waals surface area contributed by atoms with E-state index < -0.39 is 0 Å². The van der Waals surface area contributed by atoms with Gasteiger partial charge in [0, 0.05) is 5.56 Å². The van der Waals surface area contributed by atoms with Crippen molar-refractivity contribution in [2.75, 3.05) is 39.3 Å². The molecule has 130 valence electrons. The number of piperazine rings is 1. The minimum Gasteiger partial charge on any atom is -0.488 e. The molecule has 0 aromatic heterocycles. The molecule has 25 heavy (non-hydrogen) atoms. The van der Waals surface area contributed by atoms with Crippen molar-refractivity contribution in [3.63, 3.8) is 0 Å². The Morgan fingerprint density at radius 3 is 2.20 bits per heavy atom. The lowest BCUT2D eigenvalue weighted by molar-refractivity contribution is -1.02. The number of halogens is 1. The van der Waals surface area contributed by atoms with Gasteiger partial charge in [-0.15, -0.1) is 0 Å². The van der Waals surface area contributed by atoms with Gasteiger partial charge in [0.25, 0.3) is 0 Å². The monoisotopic (exact) mass is 341 g/mol. The van der Waals surface area contributed by atoms with Gasteiger partial charge in [0.15, 0.2) is 0 Å². The Morgan fingerprint density at radius 2 is 1.56 bits per heavy atom. The molecule has 1 fully saturated rings. The molecule has 4 nitrogen and oxygen atoms in total. The molecule has 0 bridgehead atoms. The van der Waals surface area contributed by atoms with Crippen molar-refractivity contribution in [1.29, 1.82) is 5.26 Å². The third-order valence-electron chi connectivity index (χ3n) is 4.74. The van der Waals surface area contributed by atoms with E-state index in [2.05, 4.69) is 18.2 Å². The molecular formula is C20H24FN3O+2. The fourth-order valence-electron chi connectivity index (χ4n) is 3.21. The van der Waals surface area contributed by atoms with E-state index >= 15 is 0 Å². The Kier molecular flexibility index (Phi) is 5.99. The summed E-state index contributed by atoms with van der Waals surface area (Å²) >= 11 is 0. The third kappa shape index (κ3) is 5.28. The van der Waals surface area contributed by atoms with Crippen LogP contribution in [0.25, 0.3) is 0 Å². The van der Waals surface area contributed by atoms with Gasteiger partial charge in [-0.2, -0.15) is 5.26 Å². The predicted molar refractivity (Wildman–Crippen MR) is 93.0 cm³/mol. The second kappa shape index (κ2) is 8.61. The minimum absolute atomic E-state index is 0.237. The van der Waals surface area contributed by atoms with Crippen molar-refractivity contribution in [2.24, 2.45) is 0 Å². The van der Waals surface area contributed by atoms with E-state index in [4.69, 9.17) is 10.00 Å². The Morgan fingerprint density at radius 1 is 0.920 bits per heavy atom. The highest BCUT2D eigenvalue weighted by Gasteiger charge is 2.22. The fraction of sp³-hybridized carbons (Fsp3) is 0.350. The molecule has 1 aliphatic heterocycles. The zero-order valence-corrected chi connectivity index (χ0v) is 14.3. The molecule has 2 aromatic rings.